The standard InChI is InChI=1S/C24H19Cl2N3O3S/c25-15-3-8-18-20(14-15)33-22(21(18)26)23(30)27-16-4-6-17(7-5-16)28-9-11-29(12-10-28)24(31)19-2-1-13-32-19/h1-8,13-14H,9-12H2,(H,27,30). The zero-order valence-electron chi connectivity index (χ0n) is 17.4. The van der Waals surface area contributed by atoms with Gasteiger partial charge in [0, 0.05) is 52.7 Å². The molecule has 6 nitrogen and oxygen atoms in total. The van der Waals surface area contributed by atoms with Gasteiger partial charge in [-0.3, -0.25) is 9.59 Å². The molecule has 3 heterocycles. The van der Waals surface area contributed by atoms with Crippen LogP contribution in [0, 0.1) is 0 Å². The lowest BCUT2D eigenvalue weighted by molar-refractivity contribution is 0.0714. The van der Waals surface area contributed by atoms with Gasteiger partial charge >= 0.3 is 0 Å². The third kappa shape index (κ3) is 4.44. The molecule has 168 valence electrons. The van der Waals surface area contributed by atoms with Gasteiger partial charge in [-0.2, -0.15) is 0 Å². The summed E-state index contributed by atoms with van der Waals surface area (Å²) in [6.07, 6.45) is 1.51. The number of nitrogens with one attached hydrogen (secondary N) is 1. The van der Waals surface area contributed by atoms with Crippen LogP contribution in [0.15, 0.2) is 65.3 Å². The monoisotopic (exact) mass is 499 g/mol. The smallest absolute Gasteiger partial charge is 0.289 e. The first-order valence-electron chi connectivity index (χ1n) is 10.4. The minimum atomic E-state index is -0.255. The third-order valence-electron chi connectivity index (χ3n) is 5.59. The lowest BCUT2D eigenvalue weighted by Crippen LogP contribution is -2.48. The summed E-state index contributed by atoms with van der Waals surface area (Å²) in [7, 11) is 0. The van der Waals surface area contributed by atoms with Gasteiger partial charge < -0.3 is 19.5 Å². The number of fused-ring (bicyclic) bond motifs is 1. The van der Waals surface area contributed by atoms with Crippen molar-refractivity contribution in [3.63, 3.8) is 0 Å². The van der Waals surface area contributed by atoms with Crippen molar-refractivity contribution in [3.05, 3.63) is 81.5 Å². The molecule has 1 aliphatic rings. The van der Waals surface area contributed by atoms with Gasteiger partial charge in [0.2, 0.25) is 0 Å². The molecule has 2 aromatic carbocycles. The summed E-state index contributed by atoms with van der Waals surface area (Å²) in [6, 6.07) is 16.5. The van der Waals surface area contributed by atoms with Gasteiger partial charge in [0.1, 0.15) is 4.88 Å². The van der Waals surface area contributed by atoms with Crippen molar-refractivity contribution in [2.24, 2.45) is 0 Å². The minimum absolute atomic E-state index is 0.0834. The van der Waals surface area contributed by atoms with Crippen molar-refractivity contribution < 1.29 is 14.0 Å². The van der Waals surface area contributed by atoms with Gasteiger partial charge in [-0.1, -0.05) is 29.3 Å². The normalized spacial score (nSPS) is 14.0. The Bertz CT molecular complexity index is 1310. The van der Waals surface area contributed by atoms with E-state index in [9.17, 15) is 9.59 Å². The fourth-order valence-corrected chi connectivity index (χ4v) is 5.54. The number of furan rings is 1. The third-order valence-corrected chi connectivity index (χ3v) is 7.48. The summed E-state index contributed by atoms with van der Waals surface area (Å²) < 4.78 is 6.09. The molecule has 2 aromatic heterocycles. The van der Waals surface area contributed by atoms with E-state index in [1.165, 1.54) is 17.6 Å². The molecule has 33 heavy (non-hydrogen) atoms. The summed E-state index contributed by atoms with van der Waals surface area (Å²) in [4.78, 5) is 29.7. The number of benzene rings is 2. The van der Waals surface area contributed by atoms with Crippen molar-refractivity contribution in [2.75, 3.05) is 36.4 Å². The lowest BCUT2D eigenvalue weighted by atomic mass is 10.2. The molecule has 0 atom stereocenters. The molecule has 5 rings (SSSR count). The lowest BCUT2D eigenvalue weighted by Gasteiger charge is -2.35. The van der Waals surface area contributed by atoms with Crippen LogP contribution in [0.5, 0.6) is 0 Å². The minimum Gasteiger partial charge on any atom is -0.459 e. The number of amides is 2. The van der Waals surface area contributed by atoms with Crippen LogP contribution >= 0.6 is 34.5 Å². The van der Waals surface area contributed by atoms with E-state index in [1.54, 1.807) is 29.2 Å². The van der Waals surface area contributed by atoms with Crippen LogP contribution in [0.1, 0.15) is 20.2 Å². The van der Waals surface area contributed by atoms with Gasteiger partial charge in [0.25, 0.3) is 11.8 Å². The second-order valence-electron chi connectivity index (χ2n) is 7.64. The number of nitrogens with zero attached hydrogens (tertiary/aromatic N) is 2. The maximum absolute atomic E-state index is 12.8. The van der Waals surface area contributed by atoms with Gasteiger partial charge in [0.05, 0.1) is 11.3 Å². The predicted molar refractivity (Wildman–Crippen MR) is 133 cm³/mol. The molecule has 0 bridgehead atoms. The molecule has 1 N–H and O–H groups in total. The summed E-state index contributed by atoms with van der Waals surface area (Å²) in [5, 5.41) is 4.77. The van der Waals surface area contributed by atoms with Crippen molar-refractivity contribution in [3.8, 4) is 0 Å². The van der Waals surface area contributed by atoms with E-state index in [0.29, 0.717) is 39.5 Å². The largest absolute Gasteiger partial charge is 0.459 e. The molecule has 1 fully saturated rings. The topological polar surface area (TPSA) is 65.8 Å². The van der Waals surface area contributed by atoms with Crippen LogP contribution in [0.2, 0.25) is 10.0 Å². The van der Waals surface area contributed by atoms with Crippen LogP contribution in [0.3, 0.4) is 0 Å². The van der Waals surface area contributed by atoms with Gasteiger partial charge in [-0.05, 0) is 48.5 Å². The molecule has 1 saturated heterocycles. The Morgan fingerprint density at radius 2 is 1.73 bits per heavy atom. The molecule has 9 heteroatoms. The number of hydrogen-bond acceptors (Lipinski definition) is 5. The van der Waals surface area contributed by atoms with Crippen molar-refractivity contribution in [1.29, 1.82) is 0 Å². The maximum atomic E-state index is 12.8. The van der Waals surface area contributed by atoms with Crippen LogP contribution in [0.4, 0.5) is 11.4 Å². The molecular formula is C24H19Cl2N3O3S. The SMILES string of the molecule is O=C(Nc1ccc(N2CCN(C(=O)c3ccco3)CC2)cc1)c1sc2cc(Cl)ccc2c1Cl. The number of carbonyl (C=O) groups excluding carboxylic acids is 2. The Morgan fingerprint density at radius 1 is 0.970 bits per heavy atom. The second kappa shape index (κ2) is 9.09. The van der Waals surface area contributed by atoms with E-state index in [1.807, 2.05) is 30.3 Å². The Balaban J connectivity index is 1.22. The Hall–Kier alpha value is -3.00. The highest BCUT2D eigenvalue weighted by Gasteiger charge is 2.24. The number of thiophene rings is 1. The number of hydrogen-bond donors (Lipinski definition) is 1. The summed E-state index contributed by atoms with van der Waals surface area (Å²) in [6.45, 7) is 2.68. The Labute approximate surface area is 204 Å². The molecule has 1 aliphatic heterocycles. The molecule has 4 aromatic rings. The zero-order chi connectivity index (χ0) is 22.9. The highest BCUT2D eigenvalue weighted by molar-refractivity contribution is 7.21. The summed E-state index contributed by atoms with van der Waals surface area (Å²) in [5.74, 6) is 0.0281. The second-order valence-corrected chi connectivity index (χ2v) is 9.51. The number of rotatable bonds is 4. The van der Waals surface area contributed by atoms with E-state index < -0.39 is 0 Å². The molecule has 2 amide bonds. The van der Waals surface area contributed by atoms with Crippen LogP contribution in [-0.2, 0) is 0 Å². The van der Waals surface area contributed by atoms with Crippen molar-refractivity contribution >= 4 is 67.8 Å². The van der Waals surface area contributed by atoms with E-state index in [-0.39, 0.29) is 11.8 Å². The fraction of sp³-hybridized carbons (Fsp3) is 0.167. The van der Waals surface area contributed by atoms with E-state index >= 15 is 0 Å². The summed E-state index contributed by atoms with van der Waals surface area (Å²) in [5.41, 5.74) is 1.72. The molecule has 0 aliphatic carbocycles. The van der Waals surface area contributed by atoms with Gasteiger partial charge in [-0.15, -0.1) is 11.3 Å². The Kier molecular flexibility index (Phi) is 6.01. The molecular weight excluding hydrogens is 481 g/mol. The van der Waals surface area contributed by atoms with Crippen LogP contribution in [0.25, 0.3) is 10.1 Å². The van der Waals surface area contributed by atoms with E-state index in [2.05, 4.69) is 10.2 Å². The molecule has 0 spiro atoms. The quantitative estimate of drug-likeness (QED) is 0.373. The highest BCUT2D eigenvalue weighted by atomic mass is 35.5. The van der Waals surface area contributed by atoms with Crippen LogP contribution in [-0.4, -0.2) is 42.9 Å². The predicted octanol–water partition coefficient (Wildman–Crippen LogP) is 6.02. The Morgan fingerprint density at radius 3 is 2.42 bits per heavy atom. The number of anilines is 2. The number of piperazine rings is 1. The van der Waals surface area contributed by atoms with Gasteiger partial charge in [0.15, 0.2) is 5.76 Å². The van der Waals surface area contributed by atoms with E-state index in [0.717, 1.165) is 28.9 Å². The number of halogens is 2. The molecule has 0 radical (unpaired) electrons. The van der Waals surface area contributed by atoms with Crippen molar-refractivity contribution in [1.82, 2.24) is 4.90 Å². The van der Waals surface area contributed by atoms with Crippen LogP contribution < -0.4 is 10.2 Å². The first kappa shape index (κ1) is 21.8. The highest BCUT2D eigenvalue weighted by Crippen LogP contribution is 2.37. The van der Waals surface area contributed by atoms with Gasteiger partial charge in [-0.25, -0.2) is 0 Å². The van der Waals surface area contributed by atoms with Crippen molar-refractivity contribution in [2.45, 2.75) is 0 Å². The molecule has 0 unspecified atom stereocenters. The average Bonchev–Trinajstić information content (AvgIpc) is 3.48. The fourth-order valence-electron chi connectivity index (χ4n) is 3.85. The van der Waals surface area contributed by atoms with E-state index in [4.69, 9.17) is 27.6 Å². The molecule has 0 saturated carbocycles. The first-order chi connectivity index (χ1) is 16.0. The first-order valence-corrected chi connectivity index (χ1v) is 11.9. The maximum Gasteiger partial charge on any atom is 0.289 e. The number of carbonyl (C=O) groups is 2. The summed E-state index contributed by atoms with van der Waals surface area (Å²) >= 11 is 13.8. The average molecular weight is 500 g/mol. The zero-order valence-corrected chi connectivity index (χ0v) is 19.7.